The van der Waals surface area contributed by atoms with Gasteiger partial charge < -0.3 is 19.1 Å². The molecule has 1 amide bonds. The Bertz CT molecular complexity index is 1280. The van der Waals surface area contributed by atoms with E-state index in [1.54, 1.807) is 30.2 Å². The summed E-state index contributed by atoms with van der Waals surface area (Å²) in [5, 5.41) is 0. The van der Waals surface area contributed by atoms with Crippen LogP contribution in [0.3, 0.4) is 0 Å². The zero-order valence-electron chi connectivity index (χ0n) is 20.8. The second-order valence-corrected chi connectivity index (χ2v) is 8.77. The Morgan fingerprint density at radius 2 is 1.58 bits per heavy atom. The van der Waals surface area contributed by atoms with Gasteiger partial charge in [-0.15, -0.1) is 0 Å². The maximum Gasteiger partial charge on any atom is 0.316 e. The van der Waals surface area contributed by atoms with E-state index < -0.39 is 17.9 Å². The number of benzene rings is 3. The van der Waals surface area contributed by atoms with Crippen molar-refractivity contribution in [2.45, 2.75) is 32.7 Å². The minimum atomic E-state index is -0.669. The normalized spacial score (nSPS) is 17.4. The summed E-state index contributed by atoms with van der Waals surface area (Å²) in [4.78, 5) is 40.4. The molecule has 4 rings (SSSR count). The summed E-state index contributed by atoms with van der Waals surface area (Å²) in [5.41, 5.74) is 2.93. The van der Waals surface area contributed by atoms with Crippen LogP contribution in [0.5, 0.6) is 17.2 Å². The molecule has 1 aliphatic rings. The standard InChI is InChI=1S/C29H29NO6/c1-18-9-12-21(13-10-18)30-27(32)16-14-23(28(30)22-7-5-6-8-24(22)34-3)29(33)36-25-15-11-20(19(2)31)17-26(25)35-4/h5-13,15,17,23,28H,14,16H2,1-4H3. The molecule has 0 spiro atoms. The molecule has 0 radical (unpaired) electrons. The zero-order chi connectivity index (χ0) is 25.8. The number of methoxy groups -OCH3 is 2. The summed E-state index contributed by atoms with van der Waals surface area (Å²) in [5.74, 6) is -0.293. The topological polar surface area (TPSA) is 82.1 Å². The van der Waals surface area contributed by atoms with Gasteiger partial charge >= 0.3 is 5.97 Å². The first kappa shape index (κ1) is 25.0. The summed E-state index contributed by atoms with van der Waals surface area (Å²) in [6.07, 6.45) is 0.510. The Labute approximate surface area is 210 Å². The van der Waals surface area contributed by atoms with Gasteiger partial charge in [0.25, 0.3) is 0 Å². The molecular weight excluding hydrogens is 458 g/mol. The highest BCUT2D eigenvalue weighted by molar-refractivity contribution is 5.97. The number of rotatable bonds is 7. The van der Waals surface area contributed by atoms with Crippen molar-refractivity contribution >= 4 is 23.3 Å². The number of anilines is 1. The van der Waals surface area contributed by atoms with Gasteiger partial charge in [0.1, 0.15) is 5.75 Å². The predicted molar refractivity (Wildman–Crippen MR) is 136 cm³/mol. The largest absolute Gasteiger partial charge is 0.496 e. The molecule has 0 N–H and O–H groups in total. The number of hydrogen-bond donors (Lipinski definition) is 0. The molecule has 0 aliphatic carbocycles. The highest BCUT2D eigenvalue weighted by Crippen LogP contribution is 2.44. The second-order valence-electron chi connectivity index (χ2n) is 8.77. The fraction of sp³-hybridized carbons (Fsp3) is 0.276. The van der Waals surface area contributed by atoms with Gasteiger partial charge in [0, 0.05) is 23.2 Å². The van der Waals surface area contributed by atoms with Crippen LogP contribution in [0.2, 0.25) is 0 Å². The number of hydrogen-bond acceptors (Lipinski definition) is 6. The lowest BCUT2D eigenvalue weighted by molar-refractivity contribution is -0.141. The van der Waals surface area contributed by atoms with Crippen molar-refractivity contribution in [1.29, 1.82) is 0 Å². The minimum absolute atomic E-state index is 0.0813. The van der Waals surface area contributed by atoms with E-state index in [1.807, 2.05) is 55.5 Å². The van der Waals surface area contributed by atoms with Gasteiger partial charge in [-0.05, 0) is 56.7 Å². The van der Waals surface area contributed by atoms with Crippen molar-refractivity contribution in [2.75, 3.05) is 19.1 Å². The maximum absolute atomic E-state index is 13.7. The van der Waals surface area contributed by atoms with E-state index >= 15 is 0 Å². The molecule has 1 saturated heterocycles. The number of aryl methyl sites for hydroxylation is 1. The van der Waals surface area contributed by atoms with E-state index in [2.05, 4.69) is 0 Å². The lowest BCUT2D eigenvalue weighted by Crippen LogP contribution is -2.46. The summed E-state index contributed by atoms with van der Waals surface area (Å²) in [6.45, 7) is 3.43. The number of piperidine rings is 1. The van der Waals surface area contributed by atoms with E-state index in [1.165, 1.54) is 14.0 Å². The van der Waals surface area contributed by atoms with Gasteiger partial charge in [0.15, 0.2) is 17.3 Å². The van der Waals surface area contributed by atoms with Crippen molar-refractivity contribution < 1.29 is 28.6 Å². The molecule has 2 atom stereocenters. The van der Waals surface area contributed by atoms with Crippen molar-refractivity contribution in [3.63, 3.8) is 0 Å². The molecule has 0 saturated carbocycles. The fourth-order valence-corrected chi connectivity index (χ4v) is 4.57. The van der Waals surface area contributed by atoms with E-state index in [0.717, 1.165) is 11.1 Å². The average molecular weight is 488 g/mol. The molecule has 1 heterocycles. The van der Waals surface area contributed by atoms with Gasteiger partial charge in [-0.2, -0.15) is 0 Å². The van der Waals surface area contributed by atoms with Crippen LogP contribution in [0.4, 0.5) is 5.69 Å². The summed E-state index contributed by atoms with van der Waals surface area (Å²) < 4.78 is 16.8. The SMILES string of the molecule is COc1cc(C(C)=O)ccc1OC(=O)C1CCC(=O)N(c2ccc(C)cc2)C1c1ccccc1OC. The Balaban J connectivity index is 1.76. The zero-order valence-corrected chi connectivity index (χ0v) is 20.8. The molecular formula is C29H29NO6. The van der Waals surface area contributed by atoms with Crippen LogP contribution < -0.4 is 19.1 Å². The summed E-state index contributed by atoms with van der Waals surface area (Å²) in [6, 6.07) is 19.1. The van der Waals surface area contributed by atoms with Crippen LogP contribution in [-0.4, -0.2) is 31.9 Å². The number of carbonyl (C=O) groups is 3. The van der Waals surface area contributed by atoms with Crippen molar-refractivity contribution in [2.24, 2.45) is 5.92 Å². The smallest absolute Gasteiger partial charge is 0.316 e. The Morgan fingerprint density at radius 3 is 2.25 bits per heavy atom. The number of ketones is 1. The van der Waals surface area contributed by atoms with E-state index in [-0.39, 0.29) is 29.6 Å². The van der Waals surface area contributed by atoms with Crippen LogP contribution in [0.1, 0.15) is 47.3 Å². The third kappa shape index (κ3) is 4.96. The third-order valence-electron chi connectivity index (χ3n) is 6.45. The van der Waals surface area contributed by atoms with Crippen LogP contribution in [-0.2, 0) is 9.59 Å². The van der Waals surface area contributed by atoms with Crippen molar-refractivity contribution in [1.82, 2.24) is 0 Å². The van der Waals surface area contributed by atoms with Crippen LogP contribution in [0, 0.1) is 12.8 Å². The Morgan fingerprint density at radius 1 is 0.889 bits per heavy atom. The van der Waals surface area contributed by atoms with Crippen LogP contribution >= 0.6 is 0 Å². The lowest BCUT2D eigenvalue weighted by atomic mass is 9.83. The number of esters is 1. The molecule has 0 bridgehead atoms. The summed E-state index contributed by atoms with van der Waals surface area (Å²) >= 11 is 0. The Kier molecular flexibility index (Phi) is 7.38. The monoisotopic (exact) mass is 487 g/mol. The van der Waals surface area contributed by atoms with Crippen molar-refractivity contribution in [3.05, 3.63) is 83.4 Å². The van der Waals surface area contributed by atoms with Gasteiger partial charge in [-0.3, -0.25) is 14.4 Å². The quantitative estimate of drug-likeness (QED) is 0.255. The van der Waals surface area contributed by atoms with Crippen LogP contribution in [0.25, 0.3) is 0 Å². The first-order chi connectivity index (χ1) is 17.3. The molecule has 7 heteroatoms. The average Bonchev–Trinajstić information content (AvgIpc) is 2.89. The van der Waals surface area contributed by atoms with Crippen LogP contribution in [0.15, 0.2) is 66.7 Å². The number of ether oxygens (including phenoxy) is 3. The molecule has 1 aliphatic heterocycles. The molecule has 2 unspecified atom stereocenters. The number of Topliss-reactive ketones (excluding diaryl/α,β-unsaturated/α-hetero) is 1. The van der Waals surface area contributed by atoms with E-state index in [0.29, 0.717) is 23.4 Å². The number of carbonyl (C=O) groups excluding carboxylic acids is 3. The first-order valence-electron chi connectivity index (χ1n) is 11.8. The first-order valence-corrected chi connectivity index (χ1v) is 11.8. The molecule has 1 fully saturated rings. The highest BCUT2D eigenvalue weighted by atomic mass is 16.6. The number of nitrogens with zero attached hydrogens (tertiary/aromatic N) is 1. The molecule has 186 valence electrons. The van der Waals surface area contributed by atoms with Crippen molar-refractivity contribution in [3.8, 4) is 17.2 Å². The molecule has 36 heavy (non-hydrogen) atoms. The minimum Gasteiger partial charge on any atom is -0.496 e. The Hall–Kier alpha value is -4.13. The third-order valence-corrected chi connectivity index (χ3v) is 6.45. The van der Waals surface area contributed by atoms with Gasteiger partial charge in [-0.25, -0.2) is 0 Å². The van der Waals surface area contributed by atoms with Gasteiger partial charge in [0.05, 0.1) is 26.2 Å². The fourth-order valence-electron chi connectivity index (χ4n) is 4.57. The number of para-hydroxylation sites is 1. The summed E-state index contributed by atoms with van der Waals surface area (Å²) in [7, 11) is 3.01. The van der Waals surface area contributed by atoms with E-state index in [4.69, 9.17) is 14.2 Å². The van der Waals surface area contributed by atoms with Gasteiger partial charge in [-0.1, -0.05) is 35.9 Å². The highest BCUT2D eigenvalue weighted by Gasteiger charge is 2.43. The van der Waals surface area contributed by atoms with E-state index in [9.17, 15) is 14.4 Å². The molecule has 7 nitrogen and oxygen atoms in total. The molecule has 3 aromatic rings. The molecule has 3 aromatic carbocycles. The number of amides is 1. The molecule has 0 aromatic heterocycles. The second kappa shape index (κ2) is 10.6. The van der Waals surface area contributed by atoms with Gasteiger partial charge in [0.2, 0.25) is 5.91 Å². The maximum atomic E-state index is 13.7. The predicted octanol–water partition coefficient (Wildman–Crippen LogP) is 5.30. The lowest BCUT2D eigenvalue weighted by Gasteiger charge is -2.40.